The Hall–Kier alpha value is -1.91. The Kier molecular flexibility index (Phi) is 2.37. The van der Waals surface area contributed by atoms with Crippen LogP contribution in [-0.4, -0.2) is 17.3 Å². The minimum atomic E-state index is -0.515. The van der Waals surface area contributed by atoms with Crippen molar-refractivity contribution < 1.29 is 14.5 Å². The normalized spacial score (nSPS) is 15.1. The molecule has 0 N–H and O–H groups in total. The standard InChI is InChI=1S/C10H9NO4/c12-9-2-1-5-15-10-4-3-7(11(13)14)6-8(9)10/h3-4,6H,1-2,5H2. The predicted molar refractivity (Wildman–Crippen MR) is 52.2 cm³/mol. The summed E-state index contributed by atoms with van der Waals surface area (Å²) in [6.07, 6.45) is 1.04. The summed E-state index contributed by atoms with van der Waals surface area (Å²) < 4.78 is 5.31. The van der Waals surface area contributed by atoms with E-state index in [0.29, 0.717) is 30.8 Å². The number of nitro groups is 1. The lowest BCUT2D eigenvalue weighted by atomic mass is 10.1. The number of hydrogen-bond donors (Lipinski definition) is 0. The molecule has 1 aromatic rings. The molecule has 15 heavy (non-hydrogen) atoms. The Bertz CT molecular complexity index is 427. The lowest BCUT2D eigenvalue weighted by Crippen LogP contribution is -1.99. The van der Waals surface area contributed by atoms with Crippen LogP contribution in [0.4, 0.5) is 5.69 Å². The van der Waals surface area contributed by atoms with Crippen LogP contribution < -0.4 is 4.74 Å². The van der Waals surface area contributed by atoms with Gasteiger partial charge in [-0.25, -0.2) is 0 Å². The fraction of sp³-hybridized carbons (Fsp3) is 0.300. The molecule has 0 fully saturated rings. The molecular weight excluding hydrogens is 198 g/mol. The number of rotatable bonds is 1. The fourth-order valence-electron chi connectivity index (χ4n) is 1.52. The van der Waals surface area contributed by atoms with Crippen LogP contribution in [0.5, 0.6) is 5.75 Å². The molecule has 2 rings (SSSR count). The first-order chi connectivity index (χ1) is 7.18. The molecule has 1 aliphatic heterocycles. The number of nitrogens with zero attached hydrogens (tertiary/aromatic N) is 1. The first kappa shape index (κ1) is 9.64. The molecule has 0 saturated heterocycles. The quantitative estimate of drug-likeness (QED) is 0.521. The first-order valence-electron chi connectivity index (χ1n) is 4.63. The molecule has 0 amide bonds. The maximum Gasteiger partial charge on any atom is 0.270 e. The van der Waals surface area contributed by atoms with Gasteiger partial charge in [0.05, 0.1) is 17.1 Å². The third kappa shape index (κ3) is 1.81. The molecule has 1 aromatic carbocycles. The van der Waals surface area contributed by atoms with Crippen molar-refractivity contribution >= 4 is 11.5 Å². The topological polar surface area (TPSA) is 69.4 Å². The molecule has 1 aliphatic rings. The molecule has 0 spiro atoms. The Morgan fingerprint density at radius 3 is 2.93 bits per heavy atom. The number of benzene rings is 1. The second-order valence-electron chi connectivity index (χ2n) is 3.31. The molecule has 0 aromatic heterocycles. The molecule has 5 heteroatoms. The predicted octanol–water partition coefficient (Wildman–Crippen LogP) is 1.95. The Labute approximate surface area is 85.8 Å². The molecule has 0 saturated carbocycles. The number of fused-ring (bicyclic) bond motifs is 1. The number of carbonyl (C=O) groups excluding carboxylic acids is 1. The number of ketones is 1. The molecule has 0 atom stereocenters. The Morgan fingerprint density at radius 1 is 1.40 bits per heavy atom. The Balaban J connectivity index is 2.48. The summed E-state index contributed by atoms with van der Waals surface area (Å²) in [7, 11) is 0. The van der Waals surface area contributed by atoms with Gasteiger partial charge in [0.15, 0.2) is 5.78 Å². The van der Waals surface area contributed by atoms with Crippen LogP contribution in [0.25, 0.3) is 0 Å². The van der Waals surface area contributed by atoms with Gasteiger partial charge in [0, 0.05) is 18.6 Å². The first-order valence-corrected chi connectivity index (χ1v) is 4.63. The summed E-state index contributed by atoms with van der Waals surface area (Å²) in [5.41, 5.74) is 0.245. The summed E-state index contributed by atoms with van der Waals surface area (Å²) >= 11 is 0. The van der Waals surface area contributed by atoms with Crippen molar-refractivity contribution in [2.75, 3.05) is 6.61 Å². The average Bonchev–Trinajstić information content (AvgIpc) is 2.40. The zero-order valence-corrected chi connectivity index (χ0v) is 7.93. The highest BCUT2D eigenvalue weighted by Gasteiger charge is 2.19. The van der Waals surface area contributed by atoms with Crippen LogP contribution in [0.3, 0.4) is 0 Å². The summed E-state index contributed by atoms with van der Waals surface area (Å²) in [5.74, 6) is 0.356. The maximum absolute atomic E-state index is 11.6. The van der Waals surface area contributed by atoms with E-state index in [9.17, 15) is 14.9 Å². The minimum Gasteiger partial charge on any atom is -0.493 e. The van der Waals surface area contributed by atoms with Crippen LogP contribution >= 0.6 is 0 Å². The van der Waals surface area contributed by atoms with Gasteiger partial charge in [-0.05, 0) is 12.5 Å². The molecular formula is C10H9NO4. The molecule has 0 unspecified atom stereocenters. The van der Waals surface area contributed by atoms with Gasteiger partial charge in [0.2, 0.25) is 0 Å². The number of carbonyl (C=O) groups is 1. The smallest absolute Gasteiger partial charge is 0.270 e. The third-order valence-corrected chi connectivity index (χ3v) is 2.28. The van der Waals surface area contributed by atoms with E-state index in [-0.39, 0.29) is 11.5 Å². The second kappa shape index (κ2) is 3.68. The van der Waals surface area contributed by atoms with Crippen LogP contribution in [0.1, 0.15) is 23.2 Å². The van der Waals surface area contributed by atoms with Crippen molar-refractivity contribution in [3.05, 3.63) is 33.9 Å². The second-order valence-corrected chi connectivity index (χ2v) is 3.31. The molecule has 0 radical (unpaired) electrons. The van der Waals surface area contributed by atoms with Gasteiger partial charge in [-0.1, -0.05) is 0 Å². The van der Waals surface area contributed by atoms with Crippen molar-refractivity contribution in [1.82, 2.24) is 0 Å². The summed E-state index contributed by atoms with van der Waals surface area (Å²) in [4.78, 5) is 21.6. The zero-order valence-electron chi connectivity index (χ0n) is 7.93. The largest absolute Gasteiger partial charge is 0.493 e. The van der Waals surface area contributed by atoms with E-state index in [1.54, 1.807) is 0 Å². The van der Waals surface area contributed by atoms with E-state index in [0.717, 1.165) is 0 Å². The van der Waals surface area contributed by atoms with Crippen molar-refractivity contribution in [3.63, 3.8) is 0 Å². The van der Waals surface area contributed by atoms with Gasteiger partial charge in [-0.3, -0.25) is 14.9 Å². The number of hydrogen-bond acceptors (Lipinski definition) is 4. The number of ether oxygens (including phenoxy) is 1. The van der Waals surface area contributed by atoms with Gasteiger partial charge >= 0.3 is 0 Å². The monoisotopic (exact) mass is 207 g/mol. The number of non-ortho nitro benzene ring substituents is 1. The number of nitro benzene ring substituents is 1. The van der Waals surface area contributed by atoms with Crippen molar-refractivity contribution in [3.8, 4) is 5.75 Å². The van der Waals surface area contributed by atoms with Crippen LogP contribution in [0.2, 0.25) is 0 Å². The zero-order chi connectivity index (χ0) is 10.8. The maximum atomic E-state index is 11.6. The molecule has 0 bridgehead atoms. The van der Waals surface area contributed by atoms with Gasteiger partial charge < -0.3 is 4.74 Å². The lowest BCUT2D eigenvalue weighted by molar-refractivity contribution is -0.384. The van der Waals surface area contributed by atoms with Gasteiger partial charge in [0.25, 0.3) is 5.69 Å². The van der Waals surface area contributed by atoms with Crippen LogP contribution in [0.15, 0.2) is 18.2 Å². The van der Waals surface area contributed by atoms with Gasteiger partial charge in [-0.15, -0.1) is 0 Å². The Morgan fingerprint density at radius 2 is 2.20 bits per heavy atom. The highest BCUT2D eigenvalue weighted by Crippen LogP contribution is 2.27. The van der Waals surface area contributed by atoms with Crippen LogP contribution in [-0.2, 0) is 0 Å². The van der Waals surface area contributed by atoms with Crippen molar-refractivity contribution in [1.29, 1.82) is 0 Å². The molecule has 5 nitrogen and oxygen atoms in total. The lowest BCUT2D eigenvalue weighted by Gasteiger charge is -2.04. The van der Waals surface area contributed by atoms with E-state index in [1.165, 1.54) is 18.2 Å². The molecule has 78 valence electrons. The minimum absolute atomic E-state index is 0.0763. The molecule has 1 heterocycles. The van der Waals surface area contributed by atoms with Gasteiger partial charge in [0.1, 0.15) is 5.75 Å². The summed E-state index contributed by atoms with van der Waals surface area (Å²) in [6.45, 7) is 0.483. The van der Waals surface area contributed by atoms with Crippen molar-refractivity contribution in [2.24, 2.45) is 0 Å². The van der Waals surface area contributed by atoms with E-state index in [1.807, 2.05) is 0 Å². The number of Topliss-reactive ketones (excluding diaryl/α,β-unsaturated/α-hetero) is 1. The van der Waals surface area contributed by atoms with Crippen LogP contribution in [0, 0.1) is 10.1 Å². The highest BCUT2D eigenvalue weighted by atomic mass is 16.6. The van der Waals surface area contributed by atoms with E-state index < -0.39 is 4.92 Å². The fourth-order valence-corrected chi connectivity index (χ4v) is 1.52. The van der Waals surface area contributed by atoms with Crippen molar-refractivity contribution in [2.45, 2.75) is 12.8 Å². The van der Waals surface area contributed by atoms with E-state index in [4.69, 9.17) is 4.74 Å². The van der Waals surface area contributed by atoms with E-state index in [2.05, 4.69) is 0 Å². The third-order valence-electron chi connectivity index (χ3n) is 2.28. The van der Waals surface area contributed by atoms with Gasteiger partial charge in [-0.2, -0.15) is 0 Å². The van der Waals surface area contributed by atoms with E-state index >= 15 is 0 Å². The molecule has 0 aliphatic carbocycles. The highest BCUT2D eigenvalue weighted by molar-refractivity contribution is 5.99. The summed E-state index contributed by atoms with van der Waals surface area (Å²) in [5, 5.41) is 10.5. The summed E-state index contributed by atoms with van der Waals surface area (Å²) in [6, 6.07) is 4.11. The SMILES string of the molecule is O=C1CCCOc2ccc([N+](=O)[O-])cc21. The average molecular weight is 207 g/mol.